The summed E-state index contributed by atoms with van der Waals surface area (Å²) in [6, 6.07) is 16.6. The molecule has 2 aromatic carbocycles. The summed E-state index contributed by atoms with van der Waals surface area (Å²) in [5, 5.41) is 3.75. The van der Waals surface area contributed by atoms with Gasteiger partial charge in [0.2, 0.25) is 0 Å². The molecule has 3 rings (SSSR count). The van der Waals surface area contributed by atoms with Gasteiger partial charge in [0, 0.05) is 22.5 Å². The lowest BCUT2D eigenvalue weighted by atomic mass is 10.0. The van der Waals surface area contributed by atoms with Crippen LogP contribution in [0.3, 0.4) is 0 Å². The first-order valence-electron chi connectivity index (χ1n) is 7.33. The van der Waals surface area contributed by atoms with Gasteiger partial charge >= 0.3 is 0 Å². The van der Waals surface area contributed by atoms with Gasteiger partial charge in [0.05, 0.1) is 5.56 Å². The van der Waals surface area contributed by atoms with Crippen LogP contribution in [0, 0.1) is 6.92 Å². The third-order valence-corrected chi connectivity index (χ3v) is 4.14. The summed E-state index contributed by atoms with van der Waals surface area (Å²) in [4.78, 5) is 16.4. The zero-order valence-electron chi connectivity index (χ0n) is 12.9. The Morgan fingerprint density at radius 2 is 1.79 bits per heavy atom. The highest BCUT2D eigenvalue weighted by Crippen LogP contribution is 2.30. The number of aryl methyl sites for hydroxylation is 1. The average Bonchev–Trinajstić information content (AvgIpc) is 2.57. The lowest BCUT2D eigenvalue weighted by Gasteiger charge is -2.13. The summed E-state index contributed by atoms with van der Waals surface area (Å²) in [6.45, 7) is 2.00. The largest absolute Gasteiger partial charge is 0.321 e. The Kier molecular flexibility index (Phi) is 4.84. The van der Waals surface area contributed by atoms with Crippen LogP contribution < -0.4 is 5.32 Å². The zero-order valence-corrected chi connectivity index (χ0v) is 14.4. The van der Waals surface area contributed by atoms with Gasteiger partial charge in [-0.1, -0.05) is 47.0 Å². The number of amides is 1. The first-order chi connectivity index (χ1) is 11.5. The van der Waals surface area contributed by atoms with E-state index in [1.807, 2.05) is 49.4 Å². The van der Waals surface area contributed by atoms with E-state index in [4.69, 9.17) is 23.2 Å². The highest BCUT2D eigenvalue weighted by molar-refractivity contribution is 6.33. The number of benzene rings is 2. The quantitative estimate of drug-likeness (QED) is 0.619. The van der Waals surface area contributed by atoms with E-state index in [0.29, 0.717) is 16.3 Å². The first-order valence-corrected chi connectivity index (χ1v) is 8.08. The van der Waals surface area contributed by atoms with Gasteiger partial charge in [0.25, 0.3) is 5.91 Å². The Morgan fingerprint density at radius 3 is 2.50 bits per heavy atom. The molecule has 24 heavy (non-hydrogen) atoms. The van der Waals surface area contributed by atoms with Crippen LogP contribution in [0.25, 0.3) is 11.1 Å². The number of carbonyl (C=O) groups is 1. The second-order valence-electron chi connectivity index (χ2n) is 5.35. The molecule has 0 spiro atoms. The third kappa shape index (κ3) is 3.58. The predicted octanol–water partition coefficient (Wildman–Crippen LogP) is 5.62. The van der Waals surface area contributed by atoms with E-state index in [2.05, 4.69) is 10.3 Å². The lowest BCUT2D eigenvalue weighted by Crippen LogP contribution is -2.13. The molecule has 0 fully saturated rings. The molecule has 1 heterocycles. The van der Waals surface area contributed by atoms with Gasteiger partial charge in [-0.05, 0) is 48.9 Å². The smallest absolute Gasteiger partial charge is 0.258 e. The Bertz CT molecular complexity index is 892. The van der Waals surface area contributed by atoms with Crippen molar-refractivity contribution in [1.82, 2.24) is 4.98 Å². The van der Waals surface area contributed by atoms with E-state index in [-0.39, 0.29) is 11.1 Å². The maximum Gasteiger partial charge on any atom is 0.258 e. The maximum absolute atomic E-state index is 12.5. The topological polar surface area (TPSA) is 42.0 Å². The molecule has 5 heteroatoms. The van der Waals surface area contributed by atoms with Crippen molar-refractivity contribution in [2.45, 2.75) is 6.92 Å². The second kappa shape index (κ2) is 7.04. The van der Waals surface area contributed by atoms with Gasteiger partial charge in [0.15, 0.2) is 0 Å². The molecule has 1 aromatic heterocycles. The van der Waals surface area contributed by atoms with E-state index in [1.165, 1.54) is 0 Å². The summed E-state index contributed by atoms with van der Waals surface area (Å²) in [5.41, 5.74) is 4.02. The third-order valence-electron chi connectivity index (χ3n) is 3.58. The first kappa shape index (κ1) is 16.5. The fraction of sp³-hybridized carbons (Fsp3) is 0.0526. The molecule has 0 saturated heterocycles. The SMILES string of the molecule is Cc1ccc(NC(=O)c2cccnc2Cl)c(-c2ccc(Cl)cc2)c1. The predicted molar refractivity (Wildman–Crippen MR) is 98.8 cm³/mol. The van der Waals surface area contributed by atoms with Crippen molar-refractivity contribution in [3.8, 4) is 11.1 Å². The molecule has 0 radical (unpaired) electrons. The minimum Gasteiger partial charge on any atom is -0.321 e. The summed E-state index contributed by atoms with van der Waals surface area (Å²) in [5.74, 6) is -0.299. The van der Waals surface area contributed by atoms with Crippen molar-refractivity contribution in [3.63, 3.8) is 0 Å². The van der Waals surface area contributed by atoms with Gasteiger partial charge in [-0.3, -0.25) is 4.79 Å². The van der Waals surface area contributed by atoms with E-state index in [1.54, 1.807) is 18.3 Å². The van der Waals surface area contributed by atoms with Gasteiger partial charge in [-0.15, -0.1) is 0 Å². The summed E-state index contributed by atoms with van der Waals surface area (Å²) in [7, 11) is 0. The number of halogens is 2. The van der Waals surface area contributed by atoms with Crippen LogP contribution in [0.15, 0.2) is 60.8 Å². The standard InChI is InChI=1S/C19H14Cl2N2O/c1-12-4-9-17(16(11-12)13-5-7-14(20)8-6-13)23-19(24)15-3-2-10-22-18(15)21/h2-11H,1H3,(H,23,24). The fourth-order valence-corrected chi connectivity index (χ4v) is 2.71. The zero-order chi connectivity index (χ0) is 17.1. The number of nitrogens with one attached hydrogen (secondary N) is 1. The van der Waals surface area contributed by atoms with E-state index in [9.17, 15) is 4.79 Å². The Morgan fingerprint density at radius 1 is 1.04 bits per heavy atom. The molecule has 3 aromatic rings. The summed E-state index contributed by atoms with van der Waals surface area (Å²) < 4.78 is 0. The average molecular weight is 357 g/mol. The van der Waals surface area contributed by atoms with Crippen LogP contribution in [0.5, 0.6) is 0 Å². The second-order valence-corrected chi connectivity index (χ2v) is 6.15. The summed E-state index contributed by atoms with van der Waals surface area (Å²) >= 11 is 12.0. The molecule has 0 bridgehead atoms. The number of rotatable bonds is 3. The molecule has 0 aliphatic rings. The molecule has 0 aliphatic carbocycles. The van der Waals surface area contributed by atoms with Crippen molar-refractivity contribution < 1.29 is 4.79 Å². The van der Waals surface area contributed by atoms with Crippen molar-refractivity contribution in [1.29, 1.82) is 0 Å². The Hall–Kier alpha value is -2.36. The molecule has 1 amide bonds. The Labute approximate surface area is 150 Å². The van der Waals surface area contributed by atoms with E-state index >= 15 is 0 Å². The van der Waals surface area contributed by atoms with E-state index in [0.717, 1.165) is 16.7 Å². The molecule has 0 unspecified atom stereocenters. The molecular weight excluding hydrogens is 343 g/mol. The van der Waals surface area contributed by atoms with Crippen LogP contribution in [0.1, 0.15) is 15.9 Å². The normalized spacial score (nSPS) is 10.5. The highest BCUT2D eigenvalue weighted by atomic mass is 35.5. The van der Waals surface area contributed by atoms with Gasteiger partial charge in [0.1, 0.15) is 5.15 Å². The molecule has 1 N–H and O–H groups in total. The van der Waals surface area contributed by atoms with Crippen LogP contribution >= 0.6 is 23.2 Å². The minimum atomic E-state index is -0.299. The number of aromatic nitrogens is 1. The number of pyridine rings is 1. The monoisotopic (exact) mass is 356 g/mol. The Balaban J connectivity index is 1.98. The maximum atomic E-state index is 12.5. The number of carbonyl (C=O) groups excluding carboxylic acids is 1. The van der Waals surface area contributed by atoms with Crippen molar-refractivity contribution >= 4 is 34.8 Å². The molecule has 0 atom stereocenters. The van der Waals surface area contributed by atoms with Crippen molar-refractivity contribution in [3.05, 3.63) is 82.1 Å². The lowest BCUT2D eigenvalue weighted by molar-refractivity contribution is 0.102. The number of nitrogens with zero attached hydrogens (tertiary/aromatic N) is 1. The van der Waals surface area contributed by atoms with Crippen molar-refractivity contribution in [2.24, 2.45) is 0 Å². The number of hydrogen-bond acceptors (Lipinski definition) is 2. The fourth-order valence-electron chi connectivity index (χ4n) is 2.38. The molecule has 0 aliphatic heterocycles. The van der Waals surface area contributed by atoms with E-state index < -0.39 is 0 Å². The summed E-state index contributed by atoms with van der Waals surface area (Å²) in [6.07, 6.45) is 1.55. The van der Waals surface area contributed by atoms with Crippen LogP contribution in [0.2, 0.25) is 10.2 Å². The molecule has 120 valence electrons. The van der Waals surface area contributed by atoms with Crippen molar-refractivity contribution in [2.75, 3.05) is 5.32 Å². The molecular formula is C19H14Cl2N2O. The van der Waals surface area contributed by atoms with Crippen LogP contribution in [-0.2, 0) is 0 Å². The number of hydrogen-bond donors (Lipinski definition) is 1. The minimum absolute atomic E-state index is 0.176. The van der Waals surface area contributed by atoms with Crippen LogP contribution in [0.4, 0.5) is 5.69 Å². The van der Waals surface area contributed by atoms with Gasteiger partial charge in [-0.2, -0.15) is 0 Å². The molecule has 0 saturated carbocycles. The molecule has 3 nitrogen and oxygen atoms in total. The number of anilines is 1. The van der Waals surface area contributed by atoms with Gasteiger partial charge in [-0.25, -0.2) is 4.98 Å². The van der Waals surface area contributed by atoms with Gasteiger partial charge < -0.3 is 5.32 Å². The van der Waals surface area contributed by atoms with Crippen LogP contribution in [-0.4, -0.2) is 10.9 Å². The highest BCUT2D eigenvalue weighted by Gasteiger charge is 2.14.